The number of carboxylic acids is 1. The largest absolute Gasteiger partial charge is 0.479 e. The lowest BCUT2D eigenvalue weighted by Gasteiger charge is -2.38. The Morgan fingerprint density at radius 2 is 1.83 bits per heavy atom. The van der Waals surface area contributed by atoms with E-state index in [0.717, 1.165) is 0 Å². The van der Waals surface area contributed by atoms with Gasteiger partial charge in [0.25, 0.3) is 0 Å². The van der Waals surface area contributed by atoms with Gasteiger partial charge < -0.3 is 29.9 Å². The SMILES string of the molecule is O=C(O)[C@H]1OC(Oc2ccnc3ccccc23)[C@H](O)[C@@H](O)[C@@H]1O. The van der Waals surface area contributed by atoms with Gasteiger partial charge in [-0.25, -0.2) is 4.79 Å². The minimum Gasteiger partial charge on any atom is -0.479 e. The first-order chi connectivity index (χ1) is 11.0. The molecule has 3 rings (SSSR count). The summed E-state index contributed by atoms with van der Waals surface area (Å²) >= 11 is 0. The predicted octanol–water partition coefficient (Wildman–Crippen LogP) is -0.494. The summed E-state index contributed by atoms with van der Waals surface area (Å²) < 4.78 is 10.6. The molecule has 1 fully saturated rings. The van der Waals surface area contributed by atoms with Crippen LogP contribution in [0.1, 0.15) is 0 Å². The fraction of sp³-hybridized carbons (Fsp3) is 0.333. The summed E-state index contributed by atoms with van der Waals surface area (Å²) in [6, 6.07) is 8.61. The second kappa shape index (κ2) is 6.09. The zero-order valence-electron chi connectivity index (χ0n) is 11.8. The molecule has 1 aromatic heterocycles. The van der Waals surface area contributed by atoms with Crippen LogP contribution < -0.4 is 4.74 Å². The van der Waals surface area contributed by atoms with Gasteiger partial charge in [-0.05, 0) is 18.2 Å². The van der Waals surface area contributed by atoms with Crippen molar-refractivity contribution in [3.8, 4) is 5.75 Å². The number of para-hydroxylation sites is 1. The van der Waals surface area contributed by atoms with E-state index in [2.05, 4.69) is 4.98 Å². The number of aliphatic hydroxyl groups excluding tert-OH is 3. The lowest BCUT2D eigenvalue weighted by atomic mass is 9.99. The number of fused-ring (bicyclic) bond motifs is 1. The fourth-order valence-corrected chi connectivity index (χ4v) is 2.45. The molecular formula is C15H15NO7. The van der Waals surface area contributed by atoms with Crippen molar-refractivity contribution in [3.05, 3.63) is 36.5 Å². The molecule has 8 nitrogen and oxygen atoms in total. The Bertz CT molecular complexity index is 717. The molecule has 122 valence electrons. The average Bonchev–Trinajstić information content (AvgIpc) is 2.55. The Balaban J connectivity index is 1.90. The van der Waals surface area contributed by atoms with Crippen molar-refractivity contribution in [2.45, 2.75) is 30.7 Å². The fourth-order valence-electron chi connectivity index (χ4n) is 2.45. The first-order valence-electron chi connectivity index (χ1n) is 6.92. The highest BCUT2D eigenvalue weighted by molar-refractivity contribution is 5.84. The number of rotatable bonds is 3. The van der Waals surface area contributed by atoms with E-state index in [0.29, 0.717) is 16.7 Å². The summed E-state index contributed by atoms with van der Waals surface area (Å²) in [6.45, 7) is 0. The molecule has 0 radical (unpaired) electrons. The third kappa shape index (κ3) is 2.84. The maximum atomic E-state index is 11.1. The van der Waals surface area contributed by atoms with Crippen molar-refractivity contribution in [3.63, 3.8) is 0 Å². The first kappa shape index (κ1) is 15.6. The molecule has 0 aliphatic carbocycles. The third-order valence-corrected chi connectivity index (χ3v) is 3.67. The normalized spacial score (nSPS) is 31.0. The van der Waals surface area contributed by atoms with E-state index in [1.54, 1.807) is 24.3 Å². The second-order valence-electron chi connectivity index (χ2n) is 5.18. The van der Waals surface area contributed by atoms with Gasteiger partial charge in [0.05, 0.1) is 5.52 Å². The number of aliphatic hydroxyl groups is 3. The van der Waals surface area contributed by atoms with Crippen LogP contribution in [-0.2, 0) is 9.53 Å². The van der Waals surface area contributed by atoms with Gasteiger partial charge in [0.1, 0.15) is 24.1 Å². The van der Waals surface area contributed by atoms with E-state index in [1.165, 1.54) is 12.3 Å². The van der Waals surface area contributed by atoms with Crippen LogP contribution in [0.15, 0.2) is 36.5 Å². The molecule has 0 spiro atoms. The minimum absolute atomic E-state index is 0.312. The van der Waals surface area contributed by atoms with E-state index >= 15 is 0 Å². The molecule has 1 aromatic carbocycles. The lowest BCUT2D eigenvalue weighted by molar-refractivity contribution is -0.270. The molecule has 0 bridgehead atoms. The molecular weight excluding hydrogens is 306 g/mol. The molecule has 2 heterocycles. The van der Waals surface area contributed by atoms with Crippen LogP contribution in [0.25, 0.3) is 10.9 Å². The van der Waals surface area contributed by atoms with Crippen LogP contribution in [0.4, 0.5) is 0 Å². The lowest BCUT2D eigenvalue weighted by Crippen LogP contribution is -2.61. The zero-order chi connectivity index (χ0) is 16.6. The highest BCUT2D eigenvalue weighted by Crippen LogP contribution is 2.28. The molecule has 1 aliphatic heterocycles. The number of aromatic nitrogens is 1. The molecule has 1 saturated heterocycles. The van der Waals surface area contributed by atoms with Gasteiger partial charge in [0.15, 0.2) is 6.10 Å². The van der Waals surface area contributed by atoms with Crippen molar-refractivity contribution in [1.82, 2.24) is 4.98 Å². The van der Waals surface area contributed by atoms with Crippen molar-refractivity contribution in [2.24, 2.45) is 0 Å². The van der Waals surface area contributed by atoms with Gasteiger partial charge in [-0.1, -0.05) is 12.1 Å². The number of hydrogen-bond acceptors (Lipinski definition) is 7. The van der Waals surface area contributed by atoms with Crippen molar-refractivity contribution < 1.29 is 34.7 Å². The zero-order valence-corrected chi connectivity index (χ0v) is 11.8. The Morgan fingerprint density at radius 3 is 2.57 bits per heavy atom. The molecule has 1 aliphatic rings. The summed E-state index contributed by atoms with van der Waals surface area (Å²) in [4.78, 5) is 15.2. The van der Waals surface area contributed by atoms with Gasteiger partial charge in [-0.2, -0.15) is 0 Å². The number of carboxylic acid groups (broad SMARTS) is 1. The molecule has 8 heteroatoms. The molecule has 2 aromatic rings. The number of aliphatic carboxylic acids is 1. The van der Waals surface area contributed by atoms with Gasteiger partial charge in [0.2, 0.25) is 6.29 Å². The van der Waals surface area contributed by atoms with Gasteiger partial charge in [-0.3, -0.25) is 4.98 Å². The molecule has 1 unspecified atom stereocenters. The van der Waals surface area contributed by atoms with E-state index in [1.807, 2.05) is 0 Å². The van der Waals surface area contributed by atoms with Gasteiger partial charge in [-0.15, -0.1) is 0 Å². The van der Waals surface area contributed by atoms with Crippen LogP contribution in [0, 0.1) is 0 Å². The van der Waals surface area contributed by atoms with E-state index < -0.39 is 36.7 Å². The summed E-state index contributed by atoms with van der Waals surface area (Å²) in [7, 11) is 0. The number of carbonyl (C=O) groups is 1. The van der Waals surface area contributed by atoms with Gasteiger partial charge >= 0.3 is 5.97 Å². The quantitative estimate of drug-likeness (QED) is 0.596. The Morgan fingerprint density at radius 1 is 1.09 bits per heavy atom. The number of ether oxygens (including phenoxy) is 2. The Kier molecular flexibility index (Phi) is 4.14. The summed E-state index contributed by atoms with van der Waals surface area (Å²) in [5, 5.41) is 39.1. The third-order valence-electron chi connectivity index (χ3n) is 3.67. The minimum atomic E-state index is -1.75. The summed E-state index contributed by atoms with van der Waals surface area (Å²) in [5.41, 5.74) is 0.644. The maximum absolute atomic E-state index is 11.1. The van der Waals surface area contributed by atoms with Crippen molar-refractivity contribution in [1.29, 1.82) is 0 Å². The molecule has 4 N–H and O–H groups in total. The molecule has 5 atom stereocenters. The van der Waals surface area contributed by atoms with Crippen LogP contribution in [-0.4, -0.2) is 62.1 Å². The van der Waals surface area contributed by atoms with Crippen molar-refractivity contribution in [2.75, 3.05) is 0 Å². The molecule has 23 heavy (non-hydrogen) atoms. The highest BCUT2D eigenvalue weighted by Gasteiger charge is 2.48. The van der Waals surface area contributed by atoms with Crippen molar-refractivity contribution >= 4 is 16.9 Å². The average molecular weight is 321 g/mol. The Labute approximate surface area is 130 Å². The number of pyridine rings is 1. The van der Waals surface area contributed by atoms with E-state index in [9.17, 15) is 20.1 Å². The highest BCUT2D eigenvalue weighted by atomic mass is 16.7. The van der Waals surface area contributed by atoms with Gasteiger partial charge in [0, 0.05) is 11.6 Å². The number of benzene rings is 1. The summed E-state index contributed by atoms with van der Waals surface area (Å²) in [6.07, 6.45) is -6.72. The van der Waals surface area contributed by atoms with Crippen LogP contribution in [0.3, 0.4) is 0 Å². The molecule has 0 amide bonds. The predicted molar refractivity (Wildman–Crippen MR) is 76.7 cm³/mol. The Hall–Kier alpha value is -2.26. The second-order valence-corrected chi connectivity index (χ2v) is 5.18. The topological polar surface area (TPSA) is 129 Å². The monoisotopic (exact) mass is 321 g/mol. The van der Waals surface area contributed by atoms with Crippen LogP contribution in [0.2, 0.25) is 0 Å². The maximum Gasteiger partial charge on any atom is 0.335 e. The van der Waals surface area contributed by atoms with E-state index in [4.69, 9.17) is 14.6 Å². The molecule has 0 saturated carbocycles. The van der Waals surface area contributed by atoms with Crippen LogP contribution >= 0.6 is 0 Å². The first-order valence-corrected chi connectivity index (χ1v) is 6.92. The number of hydrogen-bond donors (Lipinski definition) is 4. The van der Waals surface area contributed by atoms with Crippen LogP contribution in [0.5, 0.6) is 5.75 Å². The summed E-state index contributed by atoms with van der Waals surface area (Å²) in [5.74, 6) is -1.15. The smallest absolute Gasteiger partial charge is 0.335 e. The number of nitrogens with zero attached hydrogens (tertiary/aromatic N) is 1. The standard InChI is InChI=1S/C15H15NO7/c17-10-11(18)13(14(20)21)23-15(12(10)19)22-9-5-6-16-8-4-2-1-3-7(8)9/h1-6,10-13,15,17-19H,(H,20,21)/t10-,11-,12+,13-,15?/m0/s1. The van der Waals surface area contributed by atoms with E-state index in [-0.39, 0.29) is 0 Å².